The molecule has 1 rings (SSSR count). The standard InChI is InChI=1S/C9H16O3/c1-6-7(2)9(3,5-11-4)12-8(6)10/h6-7H,5H2,1-4H3. The van der Waals surface area contributed by atoms with E-state index in [-0.39, 0.29) is 17.8 Å². The molecule has 0 aliphatic carbocycles. The summed E-state index contributed by atoms with van der Waals surface area (Å²) in [4.78, 5) is 11.2. The van der Waals surface area contributed by atoms with Gasteiger partial charge in [0.2, 0.25) is 0 Å². The van der Waals surface area contributed by atoms with Gasteiger partial charge in [-0.15, -0.1) is 0 Å². The first-order valence-electron chi connectivity index (χ1n) is 4.23. The molecule has 0 aromatic heterocycles. The summed E-state index contributed by atoms with van der Waals surface area (Å²) in [5.41, 5.74) is -0.425. The minimum Gasteiger partial charge on any atom is -0.456 e. The van der Waals surface area contributed by atoms with E-state index in [1.54, 1.807) is 7.11 Å². The number of hydrogen-bond donors (Lipinski definition) is 0. The minimum atomic E-state index is -0.425. The molecule has 0 aromatic rings. The second kappa shape index (κ2) is 3.05. The van der Waals surface area contributed by atoms with Crippen molar-refractivity contribution in [2.75, 3.05) is 13.7 Å². The summed E-state index contributed by atoms with van der Waals surface area (Å²) in [5, 5.41) is 0. The number of cyclic esters (lactones) is 1. The van der Waals surface area contributed by atoms with E-state index in [1.165, 1.54) is 0 Å². The van der Waals surface area contributed by atoms with Crippen molar-refractivity contribution in [1.29, 1.82) is 0 Å². The summed E-state index contributed by atoms with van der Waals surface area (Å²) >= 11 is 0. The first kappa shape index (κ1) is 9.52. The molecule has 12 heavy (non-hydrogen) atoms. The van der Waals surface area contributed by atoms with Gasteiger partial charge in [-0.3, -0.25) is 4.79 Å². The van der Waals surface area contributed by atoms with Crippen molar-refractivity contribution in [3.63, 3.8) is 0 Å². The Morgan fingerprint density at radius 3 is 2.50 bits per heavy atom. The summed E-state index contributed by atoms with van der Waals surface area (Å²) < 4.78 is 10.3. The summed E-state index contributed by atoms with van der Waals surface area (Å²) in [5.74, 6) is 0.108. The highest BCUT2D eigenvalue weighted by Crippen LogP contribution is 2.36. The van der Waals surface area contributed by atoms with Gasteiger partial charge in [0.05, 0.1) is 12.5 Å². The number of hydrogen-bond acceptors (Lipinski definition) is 3. The summed E-state index contributed by atoms with van der Waals surface area (Å²) in [6, 6.07) is 0. The van der Waals surface area contributed by atoms with Crippen LogP contribution in [-0.4, -0.2) is 25.3 Å². The fraction of sp³-hybridized carbons (Fsp3) is 0.889. The lowest BCUT2D eigenvalue weighted by atomic mass is 9.85. The van der Waals surface area contributed by atoms with E-state index in [0.29, 0.717) is 6.61 Å². The molecule has 0 amide bonds. The van der Waals surface area contributed by atoms with Gasteiger partial charge < -0.3 is 9.47 Å². The van der Waals surface area contributed by atoms with Crippen LogP contribution in [0.25, 0.3) is 0 Å². The second-order valence-electron chi connectivity index (χ2n) is 3.74. The Hall–Kier alpha value is -0.570. The lowest BCUT2D eigenvalue weighted by Gasteiger charge is -2.26. The van der Waals surface area contributed by atoms with Gasteiger partial charge in [0.1, 0.15) is 5.60 Å². The molecular formula is C9H16O3. The normalized spacial score (nSPS) is 41.5. The van der Waals surface area contributed by atoms with E-state index in [4.69, 9.17) is 9.47 Å². The number of esters is 1. The highest BCUT2D eigenvalue weighted by atomic mass is 16.6. The van der Waals surface area contributed by atoms with Crippen LogP contribution in [0.2, 0.25) is 0 Å². The Morgan fingerprint density at radius 2 is 2.17 bits per heavy atom. The summed E-state index contributed by atoms with van der Waals surface area (Å²) in [7, 11) is 1.62. The van der Waals surface area contributed by atoms with Gasteiger partial charge in [-0.05, 0) is 6.92 Å². The molecule has 3 atom stereocenters. The maximum Gasteiger partial charge on any atom is 0.309 e. The Kier molecular flexibility index (Phi) is 2.42. The zero-order valence-electron chi connectivity index (χ0n) is 8.09. The van der Waals surface area contributed by atoms with Crippen molar-refractivity contribution in [1.82, 2.24) is 0 Å². The predicted molar refractivity (Wildman–Crippen MR) is 44.7 cm³/mol. The first-order valence-corrected chi connectivity index (χ1v) is 4.23. The van der Waals surface area contributed by atoms with E-state index in [0.717, 1.165) is 0 Å². The van der Waals surface area contributed by atoms with Crippen molar-refractivity contribution in [3.8, 4) is 0 Å². The van der Waals surface area contributed by atoms with Crippen molar-refractivity contribution in [3.05, 3.63) is 0 Å². The molecule has 1 saturated heterocycles. The Morgan fingerprint density at radius 1 is 1.58 bits per heavy atom. The zero-order chi connectivity index (χ0) is 9.35. The van der Waals surface area contributed by atoms with Crippen LogP contribution in [0.5, 0.6) is 0 Å². The SMILES string of the molecule is COCC1(C)OC(=O)C(C)C1C. The van der Waals surface area contributed by atoms with Crippen LogP contribution in [0.3, 0.4) is 0 Å². The van der Waals surface area contributed by atoms with Crippen molar-refractivity contribution in [2.45, 2.75) is 26.4 Å². The molecule has 0 saturated carbocycles. The molecule has 0 spiro atoms. The zero-order valence-corrected chi connectivity index (χ0v) is 8.09. The highest BCUT2D eigenvalue weighted by molar-refractivity contribution is 5.75. The highest BCUT2D eigenvalue weighted by Gasteiger charge is 2.47. The van der Waals surface area contributed by atoms with Gasteiger partial charge in [-0.1, -0.05) is 13.8 Å². The van der Waals surface area contributed by atoms with E-state index in [9.17, 15) is 4.79 Å². The smallest absolute Gasteiger partial charge is 0.309 e. The first-order chi connectivity index (χ1) is 5.51. The van der Waals surface area contributed by atoms with E-state index in [1.807, 2.05) is 20.8 Å². The Labute approximate surface area is 73.0 Å². The third-order valence-electron chi connectivity index (χ3n) is 2.85. The van der Waals surface area contributed by atoms with Crippen molar-refractivity contribution >= 4 is 5.97 Å². The van der Waals surface area contributed by atoms with E-state index < -0.39 is 5.60 Å². The molecule has 1 aliphatic heterocycles. The summed E-state index contributed by atoms with van der Waals surface area (Å²) in [6.45, 7) is 6.31. The largest absolute Gasteiger partial charge is 0.456 e. The van der Waals surface area contributed by atoms with E-state index in [2.05, 4.69) is 0 Å². The van der Waals surface area contributed by atoms with Gasteiger partial charge in [0.25, 0.3) is 0 Å². The fourth-order valence-electron chi connectivity index (χ4n) is 1.60. The minimum absolute atomic E-state index is 0.00912. The van der Waals surface area contributed by atoms with Crippen LogP contribution >= 0.6 is 0 Å². The molecular weight excluding hydrogens is 156 g/mol. The maximum atomic E-state index is 11.2. The third kappa shape index (κ3) is 1.33. The number of methoxy groups -OCH3 is 1. The molecule has 1 fully saturated rings. The Balaban J connectivity index is 2.74. The molecule has 3 unspecified atom stereocenters. The monoisotopic (exact) mass is 172 g/mol. The maximum absolute atomic E-state index is 11.2. The average Bonchev–Trinajstić information content (AvgIpc) is 2.17. The van der Waals surface area contributed by atoms with E-state index >= 15 is 0 Å². The third-order valence-corrected chi connectivity index (χ3v) is 2.85. The van der Waals surface area contributed by atoms with Crippen LogP contribution in [0, 0.1) is 11.8 Å². The van der Waals surface area contributed by atoms with Gasteiger partial charge in [-0.25, -0.2) is 0 Å². The van der Waals surface area contributed by atoms with Crippen molar-refractivity contribution < 1.29 is 14.3 Å². The number of rotatable bonds is 2. The lowest BCUT2D eigenvalue weighted by Crippen LogP contribution is -2.36. The molecule has 0 radical (unpaired) electrons. The van der Waals surface area contributed by atoms with Gasteiger partial charge in [0.15, 0.2) is 0 Å². The molecule has 70 valence electrons. The van der Waals surface area contributed by atoms with Crippen LogP contribution in [0.4, 0.5) is 0 Å². The molecule has 0 aromatic carbocycles. The fourth-order valence-corrected chi connectivity index (χ4v) is 1.60. The quantitative estimate of drug-likeness (QED) is 0.587. The number of carbonyl (C=O) groups excluding carboxylic acids is 1. The van der Waals surface area contributed by atoms with Gasteiger partial charge in [0, 0.05) is 13.0 Å². The molecule has 3 nitrogen and oxygen atoms in total. The molecule has 0 N–H and O–H groups in total. The molecule has 3 heteroatoms. The molecule has 1 aliphatic rings. The molecule has 1 heterocycles. The van der Waals surface area contributed by atoms with Crippen LogP contribution < -0.4 is 0 Å². The summed E-state index contributed by atoms with van der Waals surface area (Å²) in [6.07, 6.45) is 0. The lowest BCUT2D eigenvalue weighted by molar-refractivity contribution is -0.153. The predicted octanol–water partition coefficient (Wildman–Crippen LogP) is 1.22. The topological polar surface area (TPSA) is 35.5 Å². The van der Waals surface area contributed by atoms with Crippen molar-refractivity contribution in [2.24, 2.45) is 11.8 Å². The van der Waals surface area contributed by atoms with Crippen LogP contribution in [0.1, 0.15) is 20.8 Å². The van der Waals surface area contributed by atoms with Gasteiger partial charge >= 0.3 is 5.97 Å². The van der Waals surface area contributed by atoms with Gasteiger partial charge in [-0.2, -0.15) is 0 Å². The number of carbonyl (C=O) groups is 1. The van der Waals surface area contributed by atoms with Crippen LogP contribution in [-0.2, 0) is 14.3 Å². The second-order valence-corrected chi connectivity index (χ2v) is 3.74. The Bertz CT molecular complexity index is 190. The molecule has 0 bridgehead atoms. The number of ether oxygens (including phenoxy) is 2. The van der Waals surface area contributed by atoms with Crippen LogP contribution in [0.15, 0.2) is 0 Å². The average molecular weight is 172 g/mol.